The summed E-state index contributed by atoms with van der Waals surface area (Å²) in [5, 5.41) is 0. The van der Waals surface area contributed by atoms with E-state index in [-0.39, 0.29) is 5.41 Å². The predicted octanol–water partition coefficient (Wildman–Crippen LogP) is 2.43. The van der Waals surface area contributed by atoms with Crippen molar-refractivity contribution in [1.29, 1.82) is 0 Å². The summed E-state index contributed by atoms with van der Waals surface area (Å²) in [5.41, 5.74) is 0.273. The first kappa shape index (κ1) is 15.1. The van der Waals surface area contributed by atoms with Crippen molar-refractivity contribution < 1.29 is 18.9 Å². The van der Waals surface area contributed by atoms with E-state index in [9.17, 15) is 9.59 Å². The molecule has 0 aliphatic rings. The van der Waals surface area contributed by atoms with E-state index in [1.54, 1.807) is 6.07 Å². The zero-order chi connectivity index (χ0) is 14.6. The zero-order valence-electron chi connectivity index (χ0n) is 11.4. The first-order valence-electron chi connectivity index (χ1n) is 5.59. The average Bonchev–Trinajstić information content (AvgIpc) is 2.77. The van der Waals surface area contributed by atoms with Crippen LogP contribution in [0.25, 0.3) is 0 Å². The Bertz CT molecular complexity index is 582. The summed E-state index contributed by atoms with van der Waals surface area (Å²) >= 11 is 1.19. The molecular formula is C14H16NO3S+. The van der Waals surface area contributed by atoms with Crippen molar-refractivity contribution in [3.8, 4) is 11.8 Å². The molecule has 1 heterocycles. The number of rotatable bonds is 3. The van der Waals surface area contributed by atoms with Crippen LogP contribution in [-0.4, -0.2) is 30.8 Å². The number of carbonyl (C=O) groups excluding carboxylic acids is 2. The maximum Gasteiger partial charge on any atom is 0.380 e. The zero-order valence-corrected chi connectivity index (χ0v) is 12.3. The summed E-state index contributed by atoms with van der Waals surface area (Å²) in [7, 11) is 1.29. The molecule has 4 nitrogen and oxygen atoms in total. The molecule has 0 unspecified atom stereocenters. The number of hydrogen-bond acceptors (Lipinski definition) is 4. The van der Waals surface area contributed by atoms with Crippen LogP contribution >= 0.6 is 11.3 Å². The molecule has 0 radical (unpaired) electrons. The highest BCUT2D eigenvalue weighted by atomic mass is 32.1. The van der Waals surface area contributed by atoms with E-state index in [1.807, 2.05) is 20.8 Å². The molecule has 19 heavy (non-hydrogen) atoms. The summed E-state index contributed by atoms with van der Waals surface area (Å²) < 4.78 is 5.77. The summed E-state index contributed by atoms with van der Waals surface area (Å²) in [6.07, 6.45) is 0.537. The van der Waals surface area contributed by atoms with E-state index in [2.05, 4.69) is 23.3 Å². The second kappa shape index (κ2) is 5.81. The fourth-order valence-corrected chi connectivity index (χ4v) is 2.14. The first-order valence-corrected chi connectivity index (χ1v) is 6.40. The number of carbonyl (C=O) groups is 2. The minimum Gasteiger partial charge on any atom is -0.465 e. The lowest BCUT2D eigenvalue weighted by Gasteiger charge is -2.06. The molecule has 0 atom stereocenters. The lowest BCUT2D eigenvalue weighted by Crippen LogP contribution is -2.05. The number of esters is 1. The van der Waals surface area contributed by atoms with Gasteiger partial charge in [0.15, 0.2) is 4.88 Å². The van der Waals surface area contributed by atoms with E-state index in [1.165, 1.54) is 18.4 Å². The SMILES string of the molecule is C=[N+](C=O)c1cc(C#CC(C)(C)C)sc1C(=O)OC. The molecule has 1 amide bonds. The lowest BCUT2D eigenvalue weighted by atomic mass is 9.98. The van der Waals surface area contributed by atoms with Gasteiger partial charge in [-0.25, -0.2) is 9.59 Å². The molecule has 1 aromatic rings. The van der Waals surface area contributed by atoms with Gasteiger partial charge < -0.3 is 4.74 Å². The molecule has 0 bridgehead atoms. The number of nitrogens with zero attached hydrogens (tertiary/aromatic N) is 1. The predicted molar refractivity (Wildman–Crippen MR) is 75.1 cm³/mol. The molecule has 1 aromatic heterocycles. The molecule has 0 saturated carbocycles. The van der Waals surface area contributed by atoms with Gasteiger partial charge in [0, 0.05) is 11.5 Å². The van der Waals surface area contributed by atoms with Crippen LogP contribution in [0.1, 0.15) is 35.3 Å². The van der Waals surface area contributed by atoms with Crippen LogP contribution in [0.3, 0.4) is 0 Å². The van der Waals surface area contributed by atoms with Gasteiger partial charge in [-0.3, -0.25) is 0 Å². The number of ether oxygens (including phenoxy) is 1. The second-order valence-corrected chi connectivity index (χ2v) is 5.94. The van der Waals surface area contributed by atoms with Crippen LogP contribution in [0, 0.1) is 17.3 Å². The van der Waals surface area contributed by atoms with Gasteiger partial charge in [0.2, 0.25) is 5.69 Å². The molecule has 0 saturated heterocycles. The Balaban J connectivity index is 3.27. The van der Waals surface area contributed by atoms with Gasteiger partial charge in [-0.2, -0.15) is 0 Å². The number of hydrogen-bond donors (Lipinski definition) is 0. The normalized spacial score (nSPS) is 10.3. The van der Waals surface area contributed by atoms with Crippen LogP contribution in [0.2, 0.25) is 0 Å². The largest absolute Gasteiger partial charge is 0.465 e. The molecule has 5 heteroatoms. The van der Waals surface area contributed by atoms with Gasteiger partial charge in [0.05, 0.1) is 12.0 Å². The van der Waals surface area contributed by atoms with Crippen LogP contribution in [-0.2, 0) is 9.53 Å². The van der Waals surface area contributed by atoms with Gasteiger partial charge in [0.1, 0.15) is 6.72 Å². The molecule has 0 spiro atoms. The molecule has 0 aliphatic carbocycles. The second-order valence-electron chi connectivity index (χ2n) is 4.89. The van der Waals surface area contributed by atoms with E-state index < -0.39 is 5.97 Å². The first-order chi connectivity index (χ1) is 8.78. The monoisotopic (exact) mass is 278 g/mol. The minimum atomic E-state index is -0.501. The molecule has 0 aliphatic heterocycles. The van der Waals surface area contributed by atoms with Crippen molar-refractivity contribution in [1.82, 2.24) is 0 Å². The minimum absolute atomic E-state index is 0.135. The highest BCUT2D eigenvalue weighted by Crippen LogP contribution is 2.29. The van der Waals surface area contributed by atoms with Crippen molar-refractivity contribution in [3.63, 3.8) is 0 Å². The lowest BCUT2D eigenvalue weighted by molar-refractivity contribution is -0.339. The third kappa shape index (κ3) is 4.04. The highest BCUT2D eigenvalue weighted by Gasteiger charge is 2.24. The summed E-state index contributed by atoms with van der Waals surface area (Å²) in [6, 6.07) is 1.66. The van der Waals surface area contributed by atoms with Crippen LogP contribution in [0.15, 0.2) is 6.07 Å². The maximum absolute atomic E-state index is 11.6. The van der Waals surface area contributed by atoms with Gasteiger partial charge in [-0.15, -0.1) is 15.9 Å². The Kier molecular flexibility index (Phi) is 4.62. The molecule has 0 fully saturated rings. The highest BCUT2D eigenvalue weighted by molar-refractivity contribution is 7.15. The van der Waals surface area contributed by atoms with Crippen molar-refractivity contribution in [2.24, 2.45) is 5.41 Å². The molecule has 0 aromatic carbocycles. The summed E-state index contributed by atoms with van der Waals surface area (Å²) in [5.74, 6) is 5.57. The van der Waals surface area contributed by atoms with E-state index in [0.29, 0.717) is 21.9 Å². The van der Waals surface area contributed by atoms with Crippen molar-refractivity contribution in [3.05, 3.63) is 15.8 Å². The average molecular weight is 278 g/mol. The van der Waals surface area contributed by atoms with Gasteiger partial charge in [0.25, 0.3) is 0 Å². The van der Waals surface area contributed by atoms with Gasteiger partial charge >= 0.3 is 12.4 Å². The smallest absolute Gasteiger partial charge is 0.380 e. The number of amides is 1. The number of thiophene rings is 1. The number of methoxy groups -OCH3 is 1. The van der Waals surface area contributed by atoms with Crippen LogP contribution in [0.5, 0.6) is 0 Å². The Morgan fingerprint density at radius 1 is 1.53 bits per heavy atom. The standard InChI is InChI=1S/C14H16NO3S/c1-14(2,3)7-6-10-8-11(15(4)9-16)12(19-10)13(17)18-5/h8-9H,4H2,1-3,5H3/q+1. The van der Waals surface area contributed by atoms with E-state index >= 15 is 0 Å². The molecular weight excluding hydrogens is 262 g/mol. The third-order valence-electron chi connectivity index (χ3n) is 2.08. The van der Waals surface area contributed by atoms with Crippen molar-refractivity contribution >= 4 is 36.1 Å². The van der Waals surface area contributed by atoms with Crippen LogP contribution < -0.4 is 0 Å². The summed E-state index contributed by atoms with van der Waals surface area (Å²) in [4.78, 5) is 23.4. The quantitative estimate of drug-likeness (QED) is 0.280. The third-order valence-corrected chi connectivity index (χ3v) is 3.10. The molecule has 1 rings (SSSR count). The maximum atomic E-state index is 11.6. The Morgan fingerprint density at radius 3 is 2.63 bits per heavy atom. The molecule has 0 N–H and O–H groups in total. The van der Waals surface area contributed by atoms with Crippen LogP contribution in [0.4, 0.5) is 5.69 Å². The van der Waals surface area contributed by atoms with E-state index in [4.69, 9.17) is 0 Å². The Hall–Kier alpha value is -1.93. The molecule has 100 valence electrons. The van der Waals surface area contributed by atoms with Crippen molar-refractivity contribution in [2.45, 2.75) is 20.8 Å². The summed E-state index contributed by atoms with van der Waals surface area (Å²) in [6.45, 7) is 9.53. The fraction of sp³-hybridized carbons (Fsp3) is 0.357. The fourth-order valence-electron chi connectivity index (χ4n) is 1.20. The van der Waals surface area contributed by atoms with Crippen molar-refractivity contribution in [2.75, 3.05) is 7.11 Å². The topological polar surface area (TPSA) is 46.4 Å². The Morgan fingerprint density at radius 2 is 2.16 bits per heavy atom. The van der Waals surface area contributed by atoms with E-state index in [0.717, 1.165) is 4.58 Å². The van der Waals surface area contributed by atoms with Gasteiger partial charge in [-0.05, 0) is 20.8 Å². The Labute approximate surface area is 116 Å². The van der Waals surface area contributed by atoms with Gasteiger partial charge in [-0.1, -0.05) is 11.8 Å².